The largest absolute Gasteiger partial charge is 0.481 e. The summed E-state index contributed by atoms with van der Waals surface area (Å²) >= 11 is 3.26. The lowest BCUT2D eigenvalue weighted by atomic mass is 9.83. The maximum absolute atomic E-state index is 12.7. The number of likely N-dealkylation sites (tertiary alicyclic amines) is 1. The lowest BCUT2D eigenvalue weighted by Gasteiger charge is -2.39. The Hall–Kier alpha value is -2.13. The highest BCUT2D eigenvalue weighted by Crippen LogP contribution is 2.45. The number of aliphatic hydroxyl groups is 1. The van der Waals surface area contributed by atoms with Crippen LogP contribution < -0.4 is 0 Å². The van der Waals surface area contributed by atoms with Gasteiger partial charge in [-0.2, -0.15) is 0 Å². The van der Waals surface area contributed by atoms with Crippen molar-refractivity contribution in [2.45, 2.75) is 44.4 Å². The van der Waals surface area contributed by atoms with Crippen molar-refractivity contribution in [2.24, 2.45) is 5.92 Å². The molecule has 1 amide bonds. The predicted octanol–water partition coefficient (Wildman–Crippen LogP) is 2.65. The van der Waals surface area contributed by atoms with E-state index in [-0.39, 0.29) is 12.1 Å². The molecule has 0 bridgehead atoms. The van der Waals surface area contributed by atoms with Crippen molar-refractivity contribution in [2.75, 3.05) is 6.54 Å². The summed E-state index contributed by atoms with van der Waals surface area (Å²) in [6.07, 6.45) is -3.10. The molecule has 27 heavy (non-hydrogen) atoms. The summed E-state index contributed by atoms with van der Waals surface area (Å²) in [6.45, 7) is 4.46. The van der Waals surface area contributed by atoms with Crippen LogP contribution in [-0.2, 0) is 14.3 Å². The molecular weight excluding hydrogens is 422 g/mol. The molecule has 2 rings (SSSR count). The number of benzene rings is 1. The van der Waals surface area contributed by atoms with E-state index in [4.69, 9.17) is 4.74 Å². The van der Waals surface area contributed by atoms with Crippen molar-refractivity contribution in [1.29, 1.82) is 0 Å². The van der Waals surface area contributed by atoms with E-state index in [2.05, 4.69) is 15.9 Å². The molecule has 3 N–H and O–H groups in total. The topological polar surface area (TPSA) is 124 Å². The number of carboxylic acids is 2. The van der Waals surface area contributed by atoms with E-state index >= 15 is 0 Å². The first kappa shape index (κ1) is 21.2. The quantitative estimate of drug-likeness (QED) is 0.652. The zero-order valence-electron chi connectivity index (χ0n) is 15.2. The summed E-state index contributed by atoms with van der Waals surface area (Å²) in [5.74, 6) is -3.89. The van der Waals surface area contributed by atoms with E-state index < -0.39 is 47.6 Å². The molecule has 1 fully saturated rings. The third-order valence-electron chi connectivity index (χ3n) is 4.43. The minimum atomic E-state index is -2.17. The van der Waals surface area contributed by atoms with Crippen LogP contribution in [-0.4, -0.2) is 55.9 Å². The van der Waals surface area contributed by atoms with Crippen LogP contribution in [0.4, 0.5) is 4.79 Å². The van der Waals surface area contributed by atoms with Crippen LogP contribution in [0.2, 0.25) is 0 Å². The average Bonchev–Trinajstić information content (AvgIpc) is 2.95. The van der Waals surface area contributed by atoms with Gasteiger partial charge in [0.05, 0.1) is 5.92 Å². The van der Waals surface area contributed by atoms with Crippen LogP contribution in [0.25, 0.3) is 0 Å². The number of carbonyl (C=O) groups excluding carboxylic acids is 1. The summed E-state index contributed by atoms with van der Waals surface area (Å²) in [5, 5.41) is 30.4. The molecule has 3 unspecified atom stereocenters. The minimum absolute atomic E-state index is 0.236. The Balaban J connectivity index is 2.57. The van der Waals surface area contributed by atoms with Crippen molar-refractivity contribution >= 4 is 34.0 Å². The van der Waals surface area contributed by atoms with Crippen LogP contribution in [0.5, 0.6) is 0 Å². The Morgan fingerprint density at radius 1 is 1.26 bits per heavy atom. The van der Waals surface area contributed by atoms with E-state index in [1.54, 1.807) is 39.0 Å². The van der Waals surface area contributed by atoms with Crippen LogP contribution in [0.15, 0.2) is 28.7 Å². The van der Waals surface area contributed by atoms with Gasteiger partial charge in [0.1, 0.15) is 11.7 Å². The second kappa shape index (κ2) is 7.47. The summed E-state index contributed by atoms with van der Waals surface area (Å²) in [6, 6.07) is 6.44. The van der Waals surface area contributed by atoms with Gasteiger partial charge < -0.3 is 20.1 Å². The van der Waals surface area contributed by atoms with Crippen molar-refractivity contribution < 1.29 is 34.4 Å². The van der Waals surface area contributed by atoms with Gasteiger partial charge >= 0.3 is 18.0 Å². The first-order valence-corrected chi connectivity index (χ1v) is 9.08. The number of amides is 1. The van der Waals surface area contributed by atoms with Gasteiger partial charge in [-0.3, -0.25) is 9.69 Å². The Bertz CT molecular complexity index is 760. The molecule has 9 heteroatoms. The molecule has 148 valence electrons. The van der Waals surface area contributed by atoms with Crippen molar-refractivity contribution in [3.63, 3.8) is 0 Å². The van der Waals surface area contributed by atoms with Crippen molar-refractivity contribution in [3.05, 3.63) is 34.3 Å². The zero-order valence-corrected chi connectivity index (χ0v) is 16.8. The molecule has 8 nitrogen and oxygen atoms in total. The molecule has 0 aromatic heterocycles. The highest BCUT2D eigenvalue weighted by Gasteiger charge is 2.61. The SMILES string of the molecule is CC(C)(C)OC(=O)N1CC(C(=O)O)CC1(C(=O)O)C(O)c1ccccc1Br. The minimum Gasteiger partial charge on any atom is -0.481 e. The molecular formula is C18H22BrNO7. The standard InChI is InChI=1S/C18H22BrNO7/c1-17(2,3)27-16(26)20-9-10(14(22)23)8-18(20,15(24)25)13(21)11-6-4-5-7-12(11)19/h4-7,10,13,21H,8-9H2,1-3H3,(H,22,23)(H,24,25). The van der Waals surface area contributed by atoms with Crippen LogP contribution in [0.1, 0.15) is 38.9 Å². The monoisotopic (exact) mass is 443 g/mol. The van der Waals surface area contributed by atoms with Gasteiger partial charge in [-0.15, -0.1) is 0 Å². The van der Waals surface area contributed by atoms with E-state index in [1.165, 1.54) is 6.07 Å². The summed E-state index contributed by atoms with van der Waals surface area (Å²) in [7, 11) is 0. The van der Waals surface area contributed by atoms with E-state index in [9.17, 15) is 29.7 Å². The molecule has 0 saturated carbocycles. The molecule has 1 aromatic carbocycles. The zero-order chi connectivity index (χ0) is 20.6. The lowest BCUT2D eigenvalue weighted by molar-refractivity contribution is -0.157. The fourth-order valence-electron chi connectivity index (χ4n) is 3.19. The van der Waals surface area contributed by atoms with Crippen LogP contribution in [0, 0.1) is 5.92 Å². The Morgan fingerprint density at radius 2 is 1.85 bits per heavy atom. The maximum atomic E-state index is 12.7. The summed E-state index contributed by atoms with van der Waals surface area (Å²) in [4.78, 5) is 37.3. The highest BCUT2D eigenvalue weighted by molar-refractivity contribution is 9.10. The van der Waals surface area contributed by atoms with Gasteiger partial charge in [0, 0.05) is 11.0 Å². The third-order valence-corrected chi connectivity index (χ3v) is 5.15. The first-order valence-electron chi connectivity index (χ1n) is 8.29. The summed E-state index contributed by atoms with van der Waals surface area (Å²) in [5.41, 5.74) is -2.85. The van der Waals surface area contributed by atoms with Crippen LogP contribution in [0.3, 0.4) is 0 Å². The number of ether oxygens (including phenoxy) is 1. The van der Waals surface area contributed by atoms with Gasteiger partial charge in [0.25, 0.3) is 0 Å². The molecule has 0 spiro atoms. The van der Waals surface area contributed by atoms with Gasteiger partial charge in [0.2, 0.25) is 0 Å². The van der Waals surface area contributed by atoms with Gasteiger partial charge in [-0.05, 0) is 38.8 Å². The Labute approximate surface area is 164 Å². The molecule has 0 radical (unpaired) electrons. The smallest absolute Gasteiger partial charge is 0.411 e. The second-order valence-electron chi connectivity index (χ2n) is 7.48. The Kier molecular flexibility index (Phi) is 5.86. The van der Waals surface area contributed by atoms with E-state index in [0.29, 0.717) is 4.47 Å². The molecule has 1 saturated heterocycles. The lowest BCUT2D eigenvalue weighted by Crippen LogP contribution is -2.57. The predicted molar refractivity (Wildman–Crippen MR) is 98.2 cm³/mol. The number of nitrogens with zero attached hydrogens (tertiary/aromatic N) is 1. The summed E-state index contributed by atoms with van der Waals surface area (Å²) < 4.78 is 5.72. The number of aliphatic carboxylic acids is 2. The number of rotatable bonds is 4. The van der Waals surface area contributed by atoms with Gasteiger partial charge in [0.15, 0.2) is 5.54 Å². The van der Waals surface area contributed by atoms with Gasteiger partial charge in [-0.25, -0.2) is 9.59 Å². The number of carbonyl (C=O) groups is 3. The fraction of sp³-hybridized carbons (Fsp3) is 0.500. The molecule has 1 aliphatic heterocycles. The molecule has 3 atom stereocenters. The average molecular weight is 444 g/mol. The number of hydrogen-bond acceptors (Lipinski definition) is 5. The number of aliphatic hydroxyl groups excluding tert-OH is 1. The number of carboxylic acid groups (broad SMARTS) is 2. The first-order chi connectivity index (χ1) is 12.4. The van der Waals surface area contributed by atoms with E-state index in [1.807, 2.05) is 0 Å². The number of halogens is 1. The molecule has 1 aliphatic rings. The third kappa shape index (κ3) is 4.08. The Morgan fingerprint density at radius 3 is 2.33 bits per heavy atom. The van der Waals surface area contributed by atoms with Crippen molar-refractivity contribution in [3.8, 4) is 0 Å². The van der Waals surface area contributed by atoms with Crippen LogP contribution >= 0.6 is 15.9 Å². The normalized spacial score (nSPS) is 23.7. The van der Waals surface area contributed by atoms with E-state index in [0.717, 1.165) is 4.90 Å². The molecule has 1 aromatic rings. The fourth-order valence-corrected chi connectivity index (χ4v) is 3.69. The van der Waals surface area contributed by atoms with Gasteiger partial charge in [-0.1, -0.05) is 34.1 Å². The highest BCUT2D eigenvalue weighted by atomic mass is 79.9. The second-order valence-corrected chi connectivity index (χ2v) is 8.34. The molecule has 0 aliphatic carbocycles. The number of hydrogen-bond donors (Lipinski definition) is 3. The maximum Gasteiger partial charge on any atom is 0.411 e. The molecule has 1 heterocycles. The van der Waals surface area contributed by atoms with Crippen molar-refractivity contribution in [1.82, 2.24) is 4.90 Å².